The van der Waals surface area contributed by atoms with E-state index in [1.165, 1.54) is 0 Å². The quantitative estimate of drug-likeness (QED) is 0.592. The molecule has 1 aliphatic carbocycles. The second kappa shape index (κ2) is 8.35. The van der Waals surface area contributed by atoms with Crippen LogP contribution in [0.1, 0.15) is 66.7 Å². The Kier molecular flexibility index (Phi) is 7.33. The first-order chi connectivity index (χ1) is 12.0. The van der Waals surface area contributed by atoms with Gasteiger partial charge in [0.25, 0.3) is 5.91 Å². The molecule has 0 unspecified atom stereocenters. The molecular weight excluding hydrogens is 368 g/mol. The third-order valence-electron chi connectivity index (χ3n) is 6.39. The largest absolute Gasteiger partial charge is 0.348 e. The highest BCUT2D eigenvalue weighted by atomic mass is 35.5. The van der Waals surface area contributed by atoms with E-state index in [9.17, 15) is 14.4 Å². The number of amides is 4. The van der Waals surface area contributed by atoms with Crippen LogP contribution in [0.5, 0.6) is 0 Å². The summed E-state index contributed by atoms with van der Waals surface area (Å²) >= 11 is 0. The lowest BCUT2D eigenvalue weighted by atomic mass is 9.65. The highest BCUT2D eigenvalue weighted by molar-refractivity contribution is 6.09. The molecule has 7 nitrogen and oxygen atoms in total. The number of halogens is 1. The van der Waals surface area contributed by atoms with Crippen LogP contribution in [0.2, 0.25) is 0 Å². The van der Waals surface area contributed by atoms with Gasteiger partial charge in [0.1, 0.15) is 12.1 Å². The third kappa shape index (κ3) is 4.93. The van der Waals surface area contributed by atoms with Crippen molar-refractivity contribution < 1.29 is 14.4 Å². The summed E-state index contributed by atoms with van der Waals surface area (Å²) in [4.78, 5) is 38.5. The van der Waals surface area contributed by atoms with Gasteiger partial charge in [-0.05, 0) is 50.9 Å². The molecule has 0 bridgehead atoms. The van der Waals surface area contributed by atoms with Crippen molar-refractivity contribution in [3.05, 3.63) is 0 Å². The maximum atomic E-state index is 12.9. The van der Waals surface area contributed by atoms with Crippen molar-refractivity contribution in [1.29, 1.82) is 0 Å². The number of hydrogen-bond acceptors (Lipinski definition) is 4. The summed E-state index contributed by atoms with van der Waals surface area (Å²) in [6.07, 6.45) is 4.19. The molecular formula is C19H35ClN4O3. The molecule has 2 fully saturated rings. The second-order valence-corrected chi connectivity index (χ2v) is 9.16. The van der Waals surface area contributed by atoms with E-state index in [2.05, 4.69) is 31.4 Å². The molecule has 0 aromatic carbocycles. The van der Waals surface area contributed by atoms with Crippen molar-refractivity contribution >= 4 is 30.3 Å². The second-order valence-electron chi connectivity index (χ2n) is 9.16. The van der Waals surface area contributed by atoms with Crippen LogP contribution in [0.25, 0.3) is 0 Å². The zero-order valence-electron chi connectivity index (χ0n) is 17.2. The monoisotopic (exact) mass is 402 g/mol. The molecule has 1 saturated heterocycles. The zero-order chi connectivity index (χ0) is 19.8. The molecule has 27 heavy (non-hydrogen) atoms. The van der Waals surface area contributed by atoms with Gasteiger partial charge >= 0.3 is 6.03 Å². The molecule has 1 heterocycles. The van der Waals surface area contributed by atoms with E-state index in [4.69, 9.17) is 5.73 Å². The van der Waals surface area contributed by atoms with Crippen molar-refractivity contribution in [2.45, 2.75) is 77.8 Å². The van der Waals surface area contributed by atoms with Crippen molar-refractivity contribution in [3.63, 3.8) is 0 Å². The normalized spacial score (nSPS) is 26.0. The minimum atomic E-state index is -0.832. The molecule has 0 aromatic heterocycles. The van der Waals surface area contributed by atoms with E-state index in [1.54, 1.807) is 13.8 Å². The van der Waals surface area contributed by atoms with Gasteiger partial charge < -0.3 is 16.4 Å². The number of nitrogens with one attached hydrogen (secondary N) is 2. The summed E-state index contributed by atoms with van der Waals surface area (Å²) in [5, 5.41) is 5.64. The number of hydrogen-bond donors (Lipinski definition) is 3. The summed E-state index contributed by atoms with van der Waals surface area (Å²) in [6.45, 7) is 10.3. The van der Waals surface area contributed by atoms with Crippen LogP contribution < -0.4 is 16.4 Å². The SMILES string of the molecule is CCC(C)(C)C1CCC2(CC1)NC(=O)N(CC(=O)NC(C)(C)CN)C2=O.Cl. The molecule has 4 amide bonds. The molecule has 1 saturated carbocycles. The predicted octanol–water partition coefficient (Wildman–Crippen LogP) is 2.18. The van der Waals surface area contributed by atoms with E-state index >= 15 is 0 Å². The minimum absolute atomic E-state index is 0. The van der Waals surface area contributed by atoms with Crippen LogP contribution in [0.15, 0.2) is 0 Å². The number of imide groups is 1. The molecule has 4 N–H and O–H groups in total. The standard InChI is InChI=1S/C19H34N4O3.ClH/c1-6-17(2,3)13-7-9-19(10-8-13)15(25)23(16(26)22-19)11-14(24)21-18(4,5)12-20;/h13H,6-12,20H2,1-5H3,(H,21,24)(H,22,26);1H. The fraction of sp³-hybridized carbons (Fsp3) is 0.842. The van der Waals surface area contributed by atoms with Gasteiger partial charge in [-0.15, -0.1) is 12.4 Å². The number of carbonyl (C=O) groups excluding carboxylic acids is 3. The van der Waals surface area contributed by atoms with Crippen LogP contribution in [0.4, 0.5) is 4.79 Å². The summed E-state index contributed by atoms with van der Waals surface area (Å²) in [6, 6.07) is -0.469. The maximum Gasteiger partial charge on any atom is 0.325 e. The van der Waals surface area contributed by atoms with E-state index in [0.29, 0.717) is 18.8 Å². The van der Waals surface area contributed by atoms with Crippen LogP contribution in [-0.4, -0.2) is 46.9 Å². The smallest absolute Gasteiger partial charge is 0.325 e. The van der Waals surface area contributed by atoms with E-state index in [0.717, 1.165) is 24.2 Å². The van der Waals surface area contributed by atoms with Crippen molar-refractivity contribution in [1.82, 2.24) is 15.5 Å². The molecule has 2 rings (SSSR count). The summed E-state index contributed by atoms with van der Waals surface area (Å²) < 4.78 is 0. The Morgan fingerprint density at radius 2 is 1.81 bits per heavy atom. The Morgan fingerprint density at radius 3 is 2.30 bits per heavy atom. The van der Waals surface area contributed by atoms with Crippen molar-refractivity contribution in [2.24, 2.45) is 17.1 Å². The molecule has 2 aliphatic rings. The fourth-order valence-electron chi connectivity index (χ4n) is 3.95. The Morgan fingerprint density at radius 1 is 1.26 bits per heavy atom. The van der Waals surface area contributed by atoms with Crippen molar-refractivity contribution in [3.8, 4) is 0 Å². The first-order valence-corrected chi connectivity index (χ1v) is 9.61. The Balaban J connectivity index is 0.00000364. The fourth-order valence-corrected chi connectivity index (χ4v) is 3.95. The van der Waals surface area contributed by atoms with Crippen molar-refractivity contribution in [2.75, 3.05) is 13.1 Å². The molecule has 1 spiro atoms. The van der Waals surface area contributed by atoms with Crippen LogP contribution in [0, 0.1) is 11.3 Å². The minimum Gasteiger partial charge on any atom is -0.348 e. The third-order valence-corrected chi connectivity index (χ3v) is 6.39. The molecule has 0 atom stereocenters. The van der Waals surface area contributed by atoms with E-state index in [1.807, 2.05) is 0 Å². The first kappa shape index (κ1) is 23.7. The van der Waals surface area contributed by atoms with Gasteiger partial charge in [0.15, 0.2) is 0 Å². The summed E-state index contributed by atoms with van der Waals surface area (Å²) in [5.41, 5.74) is 4.45. The number of rotatable bonds is 6. The predicted molar refractivity (Wildman–Crippen MR) is 108 cm³/mol. The Hall–Kier alpha value is -1.34. The number of carbonyl (C=O) groups is 3. The van der Waals surface area contributed by atoms with Crippen LogP contribution >= 0.6 is 12.4 Å². The highest BCUT2D eigenvalue weighted by Crippen LogP contribution is 2.45. The zero-order valence-corrected chi connectivity index (χ0v) is 18.0. The lowest BCUT2D eigenvalue weighted by molar-refractivity contribution is -0.136. The van der Waals surface area contributed by atoms with Gasteiger partial charge in [0.2, 0.25) is 5.91 Å². The topological polar surface area (TPSA) is 105 Å². The van der Waals surface area contributed by atoms with Gasteiger partial charge in [-0.1, -0.05) is 27.2 Å². The lowest BCUT2D eigenvalue weighted by Crippen LogP contribution is -2.53. The van der Waals surface area contributed by atoms with E-state index in [-0.39, 0.29) is 42.7 Å². The van der Waals surface area contributed by atoms with Crippen LogP contribution in [0.3, 0.4) is 0 Å². The van der Waals surface area contributed by atoms with Gasteiger partial charge in [0, 0.05) is 12.1 Å². The van der Waals surface area contributed by atoms with Gasteiger partial charge in [-0.3, -0.25) is 14.5 Å². The Bertz CT molecular complexity index is 584. The molecule has 1 aliphatic heterocycles. The molecule has 0 aromatic rings. The average Bonchev–Trinajstić information content (AvgIpc) is 2.79. The highest BCUT2D eigenvalue weighted by Gasteiger charge is 2.53. The number of nitrogens with zero attached hydrogens (tertiary/aromatic N) is 1. The van der Waals surface area contributed by atoms with E-state index < -0.39 is 17.1 Å². The first-order valence-electron chi connectivity index (χ1n) is 9.61. The summed E-state index contributed by atoms with van der Waals surface area (Å²) in [5.74, 6) is -0.0942. The average molecular weight is 403 g/mol. The van der Waals surface area contributed by atoms with Crippen LogP contribution in [-0.2, 0) is 9.59 Å². The molecule has 8 heteroatoms. The molecule has 156 valence electrons. The Labute approximate surface area is 168 Å². The molecule has 0 radical (unpaired) electrons. The van der Waals surface area contributed by atoms with Gasteiger partial charge in [-0.2, -0.15) is 0 Å². The number of urea groups is 1. The lowest BCUT2D eigenvalue weighted by Gasteiger charge is -2.42. The number of nitrogens with two attached hydrogens (primary N) is 1. The summed E-state index contributed by atoms with van der Waals surface area (Å²) in [7, 11) is 0. The van der Waals surface area contributed by atoms with Gasteiger partial charge in [-0.25, -0.2) is 4.79 Å². The maximum absolute atomic E-state index is 12.9. The van der Waals surface area contributed by atoms with Gasteiger partial charge in [0.05, 0.1) is 0 Å².